The molecule has 0 aliphatic rings. The topological polar surface area (TPSA) is 62.2 Å². The maximum Gasteiger partial charge on any atom is 0.356 e. The highest BCUT2D eigenvalue weighted by Gasteiger charge is 2.11. The van der Waals surface area contributed by atoms with Crippen LogP contribution < -0.4 is 5.32 Å². The van der Waals surface area contributed by atoms with Gasteiger partial charge in [0.05, 0.1) is 11.6 Å². The molecule has 94 valence electrons. The molecule has 0 amide bonds. The maximum absolute atomic E-state index is 10.9. The number of halogens is 2. The summed E-state index contributed by atoms with van der Waals surface area (Å²) < 4.78 is 1.02. The number of rotatable bonds is 4. The molecule has 2 aromatic rings. The summed E-state index contributed by atoms with van der Waals surface area (Å²) in [5.41, 5.74) is -0.146. The van der Waals surface area contributed by atoms with Crippen LogP contribution in [0.25, 0.3) is 0 Å². The number of aromatic nitrogens is 1. The van der Waals surface area contributed by atoms with Crippen molar-refractivity contribution >= 4 is 50.7 Å². The van der Waals surface area contributed by atoms with Crippen LogP contribution in [-0.2, 0) is 6.54 Å². The Hall–Kier alpha value is -1.11. The number of carboxylic acids is 1. The maximum atomic E-state index is 10.9. The Morgan fingerprint density at radius 1 is 1.50 bits per heavy atom. The van der Waals surface area contributed by atoms with Gasteiger partial charge in [-0.2, -0.15) is 0 Å². The molecule has 0 unspecified atom stereocenters. The average Bonchev–Trinajstić information content (AvgIpc) is 2.73. The Balaban J connectivity index is 2.13. The normalized spacial score (nSPS) is 10.3. The van der Waals surface area contributed by atoms with Gasteiger partial charge >= 0.3 is 5.97 Å². The van der Waals surface area contributed by atoms with Crippen molar-refractivity contribution in [3.63, 3.8) is 0 Å². The van der Waals surface area contributed by atoms with E-state index in [1.807, 2.05) is 11.4 Å². The number of anilines is 1. The Labute approximate surface area is 121 Å². The second-order valence-electron chi connectivity index (χ2n) is 3.38. The highest BCUT2D eigenvalue weighted by molar-refractivity contribution is 9.10. The van der Waals surface area contributed by atoms with Gasteiger partial charge in [0.15, 0.2) is 5.69 Å². The zero-order valence-electron chi connectivity index (χ0n) is 8.98. The molecule has 0 aliphatic heterocycles. The summed E-state index contributed by atoms with van der Waals surface area (Å²) in [7, 11) is 0. The molecular formula is C11H8BrClN2O2S. The molecule has 0 atom stereocenters. The average molecular weight is 348 g/mol. The van der Waals surface area contributed by atoms with E-state index in [9.17, 15) is 4.79 Å². The molecule has 0 bridgehead atoms. The molecule has 0 spiro atoms. The standard InChI is InChI=1S/C11H8BrClN2O2S/c12-6-3-4-18-8(6)5-14-9-2-1-7(13)10(15-9)11(16)17/h1-4H,5H2,(H,14,15)(H,16,17). The largest absolute Gasteiger partial charge is 0.476 e. The quantitative estimate of drug-likeness (QED) is 0.881. The molecule has 0 aromatic carbocycles. The number of thiophene rings is 1. The van der Waals surface area contributed by atoms with Crippen molar-refractivity contribution in [1.82, 2.24) is 4.98 Å². The van der Waals surface area contributed by atoms with E-state index in [0.29, 0.717) is 12.4 Å². The van der Waals surface area contributed by atoms with Crippen LogP contribution in [0.1, 0.15) is 15.4 Å². The fraction of sp³-hybridized carbons (Fsp3) is 0.0909. The lowest BCUT2D eigenvalue weighted by atomic mass is 10.3. The van der Waals surface area contributed by atoms with Gasteiger partial charge in [-0.15, -0.1) is 11.3 Å². The molecule has 2 heterocycles. The molecule has 2 N–H and O–H groups in total. The van der Waals surface area contributed by atoms with Crippen molar-refractivity contribution in [2.45, 2.75) is 6.54 Å². The highest BCUT2D eigenvalue weighted by atomic mass is 79.9. The van der Waals surface area contributed by atoms with Crippen LogP contribution in [0.15, 0.2) is 28.1 Å². The predicted molar refractivity (Wildman–Crippen MR) is 75.6 cm³/mol. The lowest BCUT2D eigenvalue weighted by molar-refractivity contribution is 0.0691. The van der Waals surface area contributed by atoms with E-state index >= 15 is 0 Å². The number of carboxylic acid groups (broad SMARTS) is 1. The molecule has 2 aromatic heterocycles. The van der Waals surface area contributed by atoms with Crippen LogP contribution in [0.2, 0.25) is 5.02 Å². The SMILES string of the molecule is O=C(O)c1nc(NCc2sccc2Br)ccc1Cl. The van der Waals surface area contributed by atoms with Crippen molar-refractivity contribution in [1.29, 1.82) is 0 Å². The van der Waals surface area contributed by atoms with Gasteiger partial charge in [-0.1, -0.05) is 11.6 Å². The van der Waals surface area contributed by atoms with E-state index in [1.165, 1.54) is 6.07 Å². The number of hydrogen-bond acceptors (Lipinski definition) is 4. The molecule has 0 saturated carbocycles. The predicted octanol–water partition coefficient (Wildman–Crippen LogP) is 3.87. The highest BCUT2D eigenvalue weighted by Crippen LogP contribution is 2.24. The van der Waals surface area contributed by atoms with E-state index in [0.717, 1.165) is 9.35 Å². The first kappa shape index (κ1) is 13.3. The summed E-state index contributed by atoms with van der Waals surface area (Å²) in [5.74, 6) is -0.655. The molecule has 0 aliphatic carbocycles. The van der Waals surface area contributed by atoms with E-state index < -0.39 is 5.97 Å². The van der Waals surface area contributed by atoms with E-state index in [-0.39, 0.29) is 10.7 Å². The number of nitrogens with one attached hydrogen (secondary N) is 1. The number of aromatic carboxylic acids is 1. The van der Waals surface area contributed by atoms with Gasteiger partial charge < -0.3 is 10.4 Å². The third kappa shape index (κ3) is 3.01. The van der Waals surface area contributed by atoms with Crippen molar-refractivity contribution in [2.24, 2.45) is 0 Å². The van der Waals surface area contributed by atoms with Crippen molar-refractivity contribution in [3.05, 3.63) is 43.6 Å². The van der Waals surface area contributed by atoms with E-state index in [1.54, 1.807) is 17.4 Å². The van der Waals surface area contributed by atoms with E-state index in [4.69, 9.17) is 16.7 Å². The monoisotopic (exact) mass is 346 g/mol. The first-order valence-electron chi connectivity index (χ1n) is 4.93. The minimum Gasteiger partial charge on any atom is -0.476 e. The molecule has 2 rings (SSSR count). The Morgan fingerprint density at radius 2 is 2.28 bits per heavy atom. The van der Waals surface area contributed by atoms with Crippen molar-refractivity contribution < 1.29 is 9.90 Å². The smallest absolute Gasteiger partial charge is 0.356 e. The van der Waals surface area contributed by atoms with E-state index in [2.05, 4.69) is 26.2 Å². The molecule has 0 saturated heterocycles. The number of carbonyl (C=O) groups is 1. The van der Waals surface area contributed by atoms with Gasteiger partial charge in [0.25, 0.3) is 0 Å². The summed E-state index contributed by atoms with van der Waals surface area (Å²) in [5, 5.41) is 14.1. The second kappa shape index (κ2) is 5.69. The third-order valence-electron chi connectivity index (χ3n) is 2.17. The lowest BCUT2D eigenvalue weighted by Gasteiger charge is -2.06. The number of nitrogens with zero attached hydrogens (tertiary/aromatic N) is 1. The van der Waals surface area contributed by atoms with Gasteiger partial charge in [0, 0.05) is 9.35 Å². The zero-order valence-corrected chi connectivity index (χ0v) is 12.1. The summed E-state index contributed by atoms with van der Waals surface area (Å²) >= 11 is 10.8. The van der Waals surface area contributed by atoms with Gasteiger partial charge in [-0.05, 0) is 39.5 Å². The molecule has 0 fully saturated rings. The van der Waals surface area contributed by atoms with Crippen LogP contribution in [-0.4, -0.2) is 16.1 Å². The molecule has 7 heteroatoms. The zero-order chi connectivity index (χ0) is 13.1. The van der Waals surface area contributed by atoms with Gasteiger partial charge in [-0.25, -0.2) is 9.78 Å². The van der Waals surface area contributed by atoms with Crippen LogP contribution in [0.4, 0.5) is 5.82 Å². The lowest BCUT2D eigenvalue weighted by Crippen LogP contribution is -2.06. The van der Waals surface area contributed by atoms with Crippen LogP contribution in [0.5, 0.6) is 0 Å². The third-order valence-corrected chi connectivity index (χ3v) is 4.40. The first-order chi connectivity index (χ1) is 8.58. The summed E-state index contributed by atoms with van der Waals surface area (Å²) in [4.78, 5) is 15.9. The van der Waals surface area contributed by atoms with Crippen molar-refractivity contribution in [2.75, 3.05) is 5.32 Å². The molecule has 0 radical (unpaired) electrons. The fourth-order valence-corrected chi connectivity index (χ4v) is 2.93. The van der Waals surface area contributed by atoms with Crippen molar-refractivity contribution in [3.8, 4) is 0 Å². The molecule has 4 nitrogen and oxygen atoms in total. The fourth-order valence-electron chi connectivity index (χ4n) is 1.31. The number of pyridine rings is 1. The second-order valence-corrected chi connectivity index (χ2v) is 5.64. The summed E-state index contributed by atoms with van der Waals surface area (Å²) in [6, 6.07) is 5.12. The van der Waals surface area contributed by atoms with Crippen LogP contribution in [0.3, 0.4) is 0 Å². The minimum absolute atomic E-state index is 0.130. The Morgan fingerprint density at radius 3 is 2.89 bits per heavy atom. The first-order valence-corrected chi connectivity index (χ1v) is 6.98. The molecule has 18 heavy (non-hydrogen) atoms. The number of hydrogen-bond donors (Lipinski definition) is 2. The van der Waals surface area contributed by atoms with Crippen LogP contribution in [0, 0.1) is 0 Å². The van der Waals surface area contributed by atoms with Crippen LogP contribution >= 0.6 is 38.9 Å². The summed E-state index contributed by atoms with van der Waals surface area (Å²) in [6.45, 7) is 0.575. The van der Waals surface area contributed by atoms with Gasteiger partial charge in [0.1, 0.15) is 5.82 Å². The summed E-state index contributed by atoms with van der Waals surface area (Å²) in [6.07, 6.45) is 0. The Kier molecular flexibility index (Phi) is 4.21. The van der Waals surface area contributed by atoms with Gasteiger partial charge in [-0.3, -0.25) is 0 Å². The van der Waals surface area contributed by atoms with Gasteiger partial charge in [0.2, 0.25) is 0 Å². The molecular weight excluding hydrogens is 340 g/mol. The minimum atomic E-state index is -1.14. The Bertz CT molecular complexity index is 588.